The first-order chi connectivity index (χ1) is 13.5. The standard InChI is InChI=1S/C21H22N4O2S/c1-14-9-10-17(15(2)11-14)25-18(16-7-5-4-6-8-16)12-23-21(25)28-13-19(26)24-20(27)22-3/h4-12H,13H2,1-3H3,(H2,22,24,26,27). The number of benzene rings is 2. The summed E-state index contributed by atoms with van der Waals surface area (Å²) in [6, 6.07) is 15.7. The van der Waals surface area contributed by atoms with E-state index in [1.54, 1.807) is 0 Å². The van der Waals surface area contributed by atoms with Crippen LogP contribution < -0.4 is 10.6 Å². The Morgan fingerprint density at radius 2 is 1.86 bits per heavy atom. The highest BCUT2D eigenvalue weighted by molar-refractivity contribution is 7.99. The van der Waals surface area contributed by atoms with Crippen LogP contribution in [0.15, 0.2) is 59.9 Å². The van der Waals surface area contributed by atoms with Crippen LogP contribution in [-0.4, -0.2) is 34.3 Å². The van der Waals surface area contributed by atoms with Crippen LogP contribution in [0.1, 0.15) is 11.1 Å². The third-order valence-electron chi connectivity index (χ3n) is 4.20. The third-order valence-corrected chi connectivity index (χ3v) is 5.16. The number of hydrogen-bond acceptors (Lipinski definition) is 4. The molecule has 28 heavy (non-hydrogen) atoms. The molecule has 6 nitrogen and oxygen atoms in total. The fourth-order valence-electron chi connectivity index (χ4n) is 2.89. The number of imide groups is 1. The van der Waals surface area contributed by atoms with Gasteiger partial charge in [-0.3, -0.25) is 14.7 Å². The van der Waals surface area contributed by atoms with Gasteiger partial charge in [-0.05, 0) is 25.5 Å². The van der Waals surface area contributed by atoms with Gasteiger partial charge in [0.25, 0.3) is 0 Å². The van der Waals surface area contributed by atoms with Crippen LogP contribution >= 0.6 is 11.8 Å². The van der Waals surface area contributed by atoms with Gasteiger partial charge in [0.05, 0.1) is 23.3 Å². The fourth-order valence-corrected chi connectivity index (χ4v) is 3.68. The first kappa shape index (κ1) is 19.7. The normalized spacial score (nSPS) is 10.5. The molecule has 0 spiro atoms. The van der Waals surface area contributed by atoms with E-state index in [9.17, 15) is 9.59 Å². The maximum absolute atomic E-state index is 12.0. The molecule has 0 bridgehead atoms. The van der Waals surface area contributed by atoms with Gasteiger partial charge in [0.1, 0.15) is 0 Å². The molecule has 0 aliphatic heterocycles. The van der Waals surface area contributed by atoms with Crippen LogP contribution in [0.3, 0.4) is 0 Å². The summed E-state index contributed by atoms with van der Waals surface area (Å²) in [7, 11) is 1.47. The van der Waals surface area contributed by atoms with Crippen molar-refractivity contribution in [1.82, 2.24) is 20.2 Å². The summed E-state index contributed by atoms with van der Waals surface area (Å²) < 4.78 is 2.06. The molecule has 0 saturated carbocycles. The van der Waals surface area contributed by atoms with Crippen molar-refractivity contribution in [3.05, 3.63) is 65.9 Å². The van der Waals surface area contributed by atoms with E-state index in [1.807, 2.05) is 36.5 Å². The zero-order chi connectivity index (χ0) is 20.1. The van der Waals surface area contributed by atoms with E-state index in [-0.39, 0.29) is 11.7 Å². The molecular formula is C21H22N4O2S. The first-order valence-corrected chi connectivity index (χ1v) is 9.83. The summed E-state index contributed by atoms with van der Waals surface area (Å²) in [4.78, 5) is 27.9. The minimum atomic E-state index is -0.520. The number of urea groups is 1. The minimum absolute atomic E-state index is 0.0869. The van der Waals surface area contributed by atoms with Crippen molar-refractivity contribution in [3.8, 4) is 16.9 Å². The first-order valence-electron chi connectivity index (χ1n) is 8.84. The van der Waals surface area contributed by atoms with E-state index in [0.717, 1.165) is 22.5 Å². The maximum atomic E-state index is 12.0. The van der Waals surface area contributed by atoms with Crippen LogP contribution in [-0.2, 0) is 4.79 Å². The Morgan fingerprint density at radius 1 is 1.11 bits per heavy atom. The molecule has 1 heterocycles. The van der Waals surface area contributed by atoms with Crippen molar-refractivity contribution < 1.29 is 9.59 Å². The lowest BCUT2D eigenvalue weighted by Crippen LogP contribution is -2.38. The molecule has 3 rings (SSSR count). The molecule has 0 atom stereocenters. The maximum Gasteiger partial charge on any atom is 0.321 e. The van der Waals surface area contributed by atoms with Crippen LogP contribution in [0.2, 0.25) is 0 Å². The van der Waals surface area contributed by atoms with E-state index in [0.29, 0.717) is 5.16 Å². The molecule has 1 aromatic heterocycles. The molecule has 0 unspecified atom stereocenters. The second kappa shape index (κ2) is 8.75. The number of aryl methyl sites for hydroxylation is 2. The second-order valence-corrected chi connectivity index (χ2v) is 7.28. The molecule has 0 aliphatic rings. The van der Waals surface area contributed by atoms with Crippen molar-refractivity contribution in [2.24, 2.45) is 0 Å². The fraction of sp³-hybridized carbons (Fsp3) is 0.190. The lowest BCUT2D eigenvalue weighted by atomic mass is 10.1. The Balaban J connectivity index is 1.98. The SMILES string of the molecule is CNC(=O)NC(=O)CSc1ncc(-c2ccccc2)n1-c1ccc(C)cc1C. The van der Waals surface area contributed by atoms with E-state index in [1.165, 1.54) is 24.4 Å². The van der Waals surface area contributed by atoms with Gasteiger partial charge in [-0.15, -0.1) is 0 Å². The topological polar surface area (TPSA) is 76.0 Å². The van der Waals surface area contributed by atoms with Gasteiger partial charge in [0.15, 0.2) is 5.16 Å². The average Bonchev–Trinajstić information content (AvgIpc) is 3.10. The summed E-state index contributed by atoms with van der Waals surface area (Å²) in [5.74, 6) is -0.287. The molecule has 0 aliphatic carbocycles. The van der Waals surface area contributed by atoms with E-state index < -0.39 is 6.03 Å². The quantitative estimate of drug-likeness (QED) is 0.647. The minimum Gasteiger partial charge on any atom is -0.341 e. The Kier molecular flexibility index (Phi) is 6.16. The number of nitrogens with zero attached hydrogens (tertiary/aromatic N) is 2. The molecule has 3 amide bonds. The second-order valence-electron chi connectivity index (χ2n) is 6.33. The summed E-state index contributed by atoms with van der Waals surface area (Å²) >= 11 is 1.29. The van der Waals surface area contributed by atoms with Gasteiger partial charge in [-0.2, -0.15) is 0 Å². The third kappa shape index (κ3) is 4.43. The van der Waals surface area contributed by atoms with Crippen molar-refractivity contribution in [1.29, 1.82) is 0 Å². The lowest BCUT2D eigenvalue weighted by molar-refractivity contribution is -0.117. The van der Waals surface area contributed by atoms with Crippen LogP contribution in [0.5, 0.6) is 0 Å². The van der Waals surface area contributed by atoms with E-state index >= 15 is 0 Å². The van der Waals surface area contributed by atoms with Crippen molar-refractivity contribution in [2.45, 2.75) is 19.0 Å². The lowest BCUT2D eigenvalue weighted by Gasteiger charge is -2.15. The summed E-state index contributed by atoms with van der Waals surface area (Å²) in [5, 5.41) is 5.33. The van der Waals surface area contributed by atoms with Gasteiger partial charge in [-0.1, -0.05) is 59.8 Å². The number of thioether (sulfide) groups is 1. The monoisotopic (exact) mass is 394 g/mol. The number of carbonyl (C=O) groups is 2. The van der Waals surface area contributed by atoms with Crippen molar-refractivity contribution in [3.63, 3.8) is 0 Å². The molecule has 2 aromatic carbocycles. The Labute approximate surface area is 168 Å². The zero-order valence-electron chi connectivity index (χ0n) is 16.0. The Morgan fingerprint density at radius 3 is 2.54 bits per heavy atom. The van der Waals surface area contributed by atoms with Crippen molar-refractivity contribution in [2.75, 3.05) is 12.8 Å². The van der Waals surface area contributed by atoms with Gasteiger partial charge in [-0.25, -0.2) is 9.78 Å². The number of rotatable bonds is 5. The van der Waals surface area contributed by atoms with Gasteiger partial charge >= 0.3 is 6.03 Å². The Bertz CT molecular complexity index is 999. The number of hydrogen-bond donors (Lipinski definition) is 2. The summed E-state index contributed by atoms with van der Waals surface area (Å²) in [6.45, 7) is 4.12. The molecule has 2 N–H and O–H groups in total. The highest BCUT2D eigenvalue weighted by Crippen LogP contribution is 2.31. The van der Waals surface area contributed by atoms with Crippen LogP contribution in [0, 0.1) is 13.8 Å². The number of imidazole rings is 1. The predicted octanol–water partition coefficient (Wildman–Crippen LogP) is 3.70. The van der Waals surface area contributed by atoms with Crippen molar-refractivity contribution >= 4 is 23.7 Å². The summed E-state index contributed by atoms with van der Waals surface area (Å²) in [6.07, 6.45) is 1.81. The molecular weight excluding hydrogens is 372 g/mol. The molecule has 0 saturated heterocycles. The van der Waals surface area contributed by atoms with Crippen LogP contribution in [0.4, 0.5) is 4.79 Å². The smallest absolute Gasteiger partial charge is 0.321 e. The number of nitrogens with one attached hydrogen (secondary N) is 2. The highest BCUT2D eigenvalue weighted by Gasteiger charge is 2.17. The molecule has 7 heteroatoms. The number of carbonyl (C=O) groups excluding carboxylic acids is 2. The average molecular weight is 395 g/mol. The predicted molar refractivity (Wildman–Crippen MR) is 112 cm³/mol. The zero-order valence-corrected chi connectivity index (χ0v) is 16.8. The number of amides is 3. The van der Waals surface area contributed by atoms with Crippen LogP contribution in [0.25, 0.3) is 16.9 Å². The highest BCUT2D eigenvalue weighted by atomic mass is 32.2. The van der Waals surface area contributed by atoms with Gasteiger partial charge in [0, 0.05) is 12.6 Å². The Hall–Kier alpha value is -3.06. The van der Waals surface area contributed by atoms with Gasteiger partial charge in [0.2, 0.25) is 5.91 Å². The molecule has 144 valence electrons. The molecule has 0 fully saturated rings. The van der Waals surface area contributed by atoms with E-state index in [4.69, 9.17) is 0 Å². The molecule has 3 aromatic rings. The van der Waals surface area contributed by atoms with E-state index in [2.05, 4.69) is 52.2 Å². The molecule has 0 radical (unpaired) electrons. The largest absolute Gasteiger partial charge is 0.341 e. The number of aromatic nitrogens is 2. The van der Waals surface area contributed by atoms with Gasteiger partial charge < -0.3 is 5.32 Å². The summed E-state index contributed by atoms with van der Waals surface area (Å²) in [5.41, 5.74) is 5.29.